The number of aliphatic imine (C=N–C) groups is 1. The standard InChI is InChI=1S/C23H26ClN5O/c1-2-28-11-13-29(14-12-28)21-8-9-23(16-27-21,22(25)30)17-6-7-19(24)18(15-17)20-5-3-4-10-26-20/h3-10,15H,2,11-14,16H2,1H3,(H2,25,30). The third kappa shape index (κ3) is 3.85. The van der Waals surface area contributed by atoms with Gasteiger partial charge in [0.25, 0.3) is 0 Å². The fourth-order valence-electron chi connectivity index (χ4n) is 4.04. The molecule has 1 fully saturated rings. The molecule has 1 aromatic carbocycles. The third-order valence-corrected chi connectivity index (χ3v) is 6.34. The van der Waals surface area contributed by atoms with Gasteiger partial charge in [-0.05, 0) is 42.4 Å². The van der Waals surface area contributed by atoms with E-state index in [1.165, 1.54) is 0 Å². The number of aromatic nitrogens is 1. The van der Waals surface area contributed by atoms with Crippen molar-refractivity contribution >= 4 is 23.3 Å². The molecule has 0 aliphatic carbocycles. The highest BCUT2D eigenvalue weighted by Crippen LogP contribution is 2.35. The maximum Gasteiger partial charge on any atom is 0.233 e. The molecule has 7 heteroatoms. The molecule has 2 aliphatic rings. The van der Waals surface area contributed by atoms with Gasteiger partial charge in [0.05, 0.1) is 12.2 Å². The van der Waals surface area contributed by atoms with Gasteiger partial charge in [-0.2, -0.15) is 0 Å². The number of carbonyl (C=O) groups excluding carboxylic acids is 1. The van der Waals surface area contributed by atoms with Crippen molar-refractivity contribution < 1.29 is 4.79 Å². The second-order valence-electron chi connectivity index (χ2n) is 7.67. The van der Waals surface area contributed by atoms with Crippen LogP contribution in [-0.2, 0) is 10.2 Å². The van der Waals surface area contributed by atoms with Gasteiger partial charge in [-0.15, -0.1) is 0 Å². The number of hydrogen-bond donors (Lipinski definition) is 1. The van der Waals surface area contributed by atoms with E-state index in [1.54, 1.807) is 12.3 Å². The van der Waals surface area contributed by atoms with Crippen LogP contribution in [0.1, 0.15) is 12.5 Å². The van der Waals surface area contributed by atoms with Crippen molar-refractivity contribution in [3.63, 3.8) is 0 Å². The quantitative estimate of drug-likeness (QED) is 0.820. The molecule has 0 saturated carbocycles. The first kappa shape index (κ1) is 20.6. The van der Waals surface area contributed by atoms with Gasteiger partial charge >= 0.3 is 0 Å². The molecule has 2 aromatic rings. The van der Waals surface area contributed by atoms with Crippen molar-refractivity contribution in [2.75, 3.05) is 39.3 Å². The Morgan fingerprint density at radius 2 is 2.00 bits per heavy atom. The molecule has 0 radical (unpaired) electrons. The molecule has 4 rings (SSSR count). The van der Waals surface area contributed by atoms with Crippen molar-refractivity contribution in [1.29, 1.82) is 0 Å². The van der Waals surface area contributed by atoms with Crippen LogP contribution in [0.15, 0.2) is 59.7 Å². The van der Waals surface area contributed by atoms with Crippen molar-refractivity contribution in [2.24, 2.45) is 10.7 Å². The summed E-state index contributed by atoms with van der Waals surface area (Å²) in [6, 6.07) is 11.2. The van der Waals surface area contributed by atoms with Gasteiger partial charge in [0.2, 0.25) is 5.91 Å². The minimum absolute atomic E-state index is 0.283. The van der Waals surface area contributed by atoms with Crippen LogP contribution >= 0.6 is 11.6 Å². The number of piperazine rings is 1. The van der Waals surface area contributed by atoms with Gasteiger partial charge in [0.1, 0.15) is 11.3 Å². The largest absolute Gasteiger partial charge is 0.369 e. The number of nitrogens with zero attached hydrogens (tertiary/aromatic N) is 4. The lowest BCUT2D eigenvalue weighted by atomic mass is 9.77. The molecule has 1 saturated heterocycles. The number of primary amides is 1. The molecule has 0 bridgehead atoms. The van der Waals surface area contributed by atoms with E-state index < -0.39 is 11.3 Å². The molecule has 6 nitrogen and oxygen atoms in total. The molecule has 1 atom stereocenters. The van der Waals surface area contributed by atoms with Crippen LogP contribution in [0.5, 0.6) is 0 Å². The summed E-state index contributed by atoms with van der Waals surface area (Å²) in [6.07, 6.45) is 5.55. The zero-order chi connectivity index (χ0) is 21.1. The van der Waals surface area contributed by atoms with E-state index in [4.69, 9.17) is 22.3 Å². The van der Waals surface area contributed by atoms with Crippen LogP contribution in [0.4, 0.5) is 0 Å². The maximum absolute atomic E-state index is 12.6. The van der Waals surface area contributed by atoms with E-state index in [9.17, 15) is 4.79 Å². The number of likely N-dealkylation sites (N-methyl/N-ethyl adjacent to an activating group) is 1. The highest BCUT2D eigenvalue weighted by molar-refractivity contribution is 6.33. The van der Waals surface area contributed by atoms with E-state index in [0.29, 0.717) is 5.02 Å². The van der Waals surface area contributed by atoms with Crippen LogP contribution < -0.4 is 5.73 Å². The summed E-state index contributed by atoms with van der Waals surface area (Å²) in [5, 5.41) is 0.579. The van der Waals surface area contributed by atoms with Gasteiger partial charge in [0.15, 0.2) is 0 Å². The summed E-state index contributed by atoms with van der Waals surface area (Å²) in [7, 11) is 0. The molecule has 1 aromatic heterocycles. The van der Waals surface area contributed by atoms with Gasteiger partial charge in [-0.25, -0.2) is 0 Å². The van der Waals surface area contributed by atoms with Crippen LogP contribution in [0, 0.1) is 0 Å². The van der Waals surface area contributed by atoms with E-state index in [-0.39, 0.29) is 6.54 Å². The summed E-state index contributed by atoms with van der Waals surface area (Å²) in [6.45, 7) is 7.45. The monoisotopic (exact) mass is 423 g/mol. The number of benzene rings is 1. The van der Waals surface area contributed by atoms with E-state index >= 15 is 0 Å². The number of rotatable bonds is 4. The van der Waals surface area contributed by atoms with Gasteiger partial charge < -0.3 is 15.5 Å². The lowest BCUT2D eigenvalue weighted by Gasteiger charge is -2.37. The Balaban J connectivity index is 1.62. The predicted octanol–water partition coefficient (Wildman–Crippen LogP) is 2.73. The average molecular weight is 424 g/mol. The Morgan fingerprint density at radius 3 is 2.60 bits per heavy atom. The van der Waals surface area contributed by atoms with Crippen molar-refractivity contribution in [1.82, 2.24) is 14.8 Å². The minimum Gasteiger partial charge on any atom is -0.369 e. The second kappa shape index (κ2) is 8.58. The fraction of sp³-hybridized carbons (Fsp3) is 0.348. The molecule has 3 heterocycles. The molecule has 1 amide bonds. The third-order valence-electron chi connectivity index (χ3n) is 6.01. The molecule has 2 N–H and O–H groups in total. The smallest absolute Gasteiger partial charge is 0.233 e. The number of hydrogen-bond acceptors (Lipinski definition) is 5. The second-order valence-corrected chi connectivity index (χ2v) is 8.08. The Kier molecular flexibility index (Phi) is 5.88. The van der Waals surface area contributed by atoms with Crippen LogP contribution in [0.2, 0.25) is 5.02 Å². The molecular formula is C23H26ClN5O. The number of halogens is 1. The Bertz CT molecular complexity index is 982. The van der Waals surface area contributed by atoms with Crippen LogP contribution in [0.25, 0.3) is 11.3 Å². The summed E-state index contributed by atoms with van der Waals surface area (Å²) in [4.78, 5) is 26.5. The minimum atomic E-state index is -0.997. The normalized spacial score (nSPS) is 22.1. The number of carbonyl (C=O) groups is 1. The van der Waals surface area contributed by atoms with Crippen molar-refractivity contribution in [3.05, 3.63) is 65.3 Å². The molecule has 156 valence electrons. The Morgan fingerprint density at radius 1 is 1.20 bits per heavy atom. The maximum atomic E-state index is 12.6. The number of amidine groups is 1. The Hall–Kier alpha value is -2.70. The van der Waals surface area contributed by atoms with Crippen LogP contribution in [0.3, 0.4) is 0 Å². The summed E-state index contributed by atoms with van der Waals surface area (Å²) in [5.74, 6) is 0.494. The van der Waals surface area contributed by atoms with Crippen molar-refractivity contribution in [2.45, 2.75) is 12.3 Å². The molecule has 1 unspecified atom stereocenters. The lowest BCUT2D eigenvalue weighted by Crippen LogP contribution is -2.50. The van der Waals surface area contributed by atoms with E-state index in [2.05, 4.69) is 21.7 Å². The molecule has 30 heavy (non-hydrogen) atoms. The van der Waals surface area contributed by atoms with E-state index in [0.717, 1.165) is 55.4 Å². The van der Waals surface area contributed by atoms with Gasteiger partial charge in [-0.1, -0.05) is 36.7 Å². The topological polar surface area (TPSA) is 74.8 Å². The SMILES string of the molecule is CCN1CCN(C2=NCC(C(N)=O)(c3ccc(Cl)c(-c4ccccn4)c3)C=C2)CC1. The zero-order valence-corrected chi connectivity index (χ0v) is 17.8. The van der Waals surface area contributed by atoms with Crippen molar-refractivity contribution in [3.8, 4) is 11.3 Å². The fourth-order valence-corrected chi connectivity index (χ4v) is 4.25. The predicted molar refractivity (Wildman–Crippen MR) is 121 cm³/mol. The number of pyridine rings is 1. The summed E-state index contributed by atoms with van der Waals surface area (Å²) < 4.78 is 0. The first-order valence-electron chi connectivity index (χ1n) is 10.3. The van der Waals surface area contributed by atoms with Crippen LogP contribution in [-0.4, -0.2) is 65.8 Å². The zero-order valence-electron chi connectivity index (χ0n) is 17.1. The number of amides is 1. The number of dihydropyridines is 1. The van der Waals surface area contributed by atoms with Gasteiger partial charge in [0, 0.05) is 43.0 Å². The molecule has 0 spiro atoms. The first-order valence-corrected chi connectivity index (χ1v) is 10.6. The highest BCUT2D eigenvalue weighted by atomic mass is 35.5. The first-order chi connectivity index (χ1) is 14.5. The summed E-state index contributed by atoms with van der Waals surface area (Å²) >= 11 is 6.43. The Labute approximate surface area is 182 Å². The number of nitrogens with two attached hydrogens (primary N) is 1. The molecule has 2 aliphatic heterocycles. The molecular weight excluding hydrogens is 398 g/mol. The van der Waals surface area contributed by atoms with E-state index in [1.807, 2.05) is 42.5 Å². The highest BCUT2D eigenvalue weighted by Gasteiger charge is 2.39. The van der Waals surface area contributed by atoms with Gasteiger partial charge in [-0.3, -0.25) is 14.8 Å². The lowest BCUT2D eigenvalue weighted by molar-refractivity contribution is -0.121. The average Bonchev–Trinajstić information content (AvgIpc) is 2.80. The summed E-state index contributed by atoms with van der Waals surface area (Å²) in [5.41, 5.74) is 7.19.